The third kappa shape index (κ3) is 1.26. The highest BCUT2D eigenvalue weighted by Crippen LogP contribution is 2.38. The second-order valence-corrected chi connectivity index (χ2v) is 4.91. The molecule has 1 aliphatic rings. The van der Waals surface area contributed by atoms with E-state index >= 15 is 0 Å². The Morgan fingerprint density at radius 2 is 1.87 bits per heavy atom. The average Bonchev–Trinajstić information content (AvgIpc) is 2.61. The Hall–Kier alpha value is -1.08. The van der Waals surface area contributed by atoms with Crippen molar-refractivity contribution in [2.45, 2.75) is 12.8 Å². The molecule has 0 saturated carbocycles. The highest BCUT2D eigenvalue weighted by atomic mass is 79.9. The summed E-state index contributed by atoms with van der Waals surface area (Å²) in [5.41, 5.74) is 2.82. The first-order chi connectivity index (χ1) is 7.27. The van der Waals surface area contributed by atoms with Crippen molar-refractivity contribution in [3.05, 3.63) is 52.0 Å². The highest BCUT2D eigenvalue weighted by Gasteiger charge is 2.17. The molecule has 0 bridgehead atoms. The maximum atomic E-state index is 3.64. The van der Waals surface area contributed by atoms with Crippen molar-refractivity contribution in [3.63, 3.8) is 0 Å². The Balaban J connectivity index is 2.48. The lowest BCUT2D eigenvalue weighted by Crippen LogP contribution is -1.90. The van der Waals surface area contributed by atoms with Crippen molar-refractivity contribution in [2.24, 2.45) is 0 Å². The van der Waals surface area contributed by atoms with Crippen LogP contribution < -0.4 is 0 Å². The third-order valence-electron chi connectivity index (χ3n) is 3.09. The lowest BCUT2D eigenvalue weighted by molar-refractivity contribution is 1.00. The largest absolute Gasteiger partial charge is 0.0766 e. The van der Waals surface area contributed by atoms with Crippen LogP contribution in [-0.4, -0.2) is 0 Å². The maximum Gasteiger partial charge on any atom is 0.0259 e. The molecule has 0 spiro atoms. The summed E-state index contributed by atoms with van der Waals surface area (Å²) in [6.07, 6.45) is 4.49. The van der Waals surface area contributed by atoms with E-state index in [1.807, 2.05) is 0 Å². The number of hydrogen-bond acceptors (Lipinski definition) is 0. The number of allylic oxidation sites excluding steroid dienone is 1. The van der Waals surface area contributed by atoms with Gasteiger partial charge in [-0.25, -0.2) is 0 Å². The summed E-state index contributed by atoms with van der Waals surface area (Å²) in [5.74, 6) is 0.540. The first-order valence-corrected chi connectivity index (χ1v) is 5.96. The second-order valence-electron chi connectivity index (χ2n) is 4.05. The fourth-order valence-electron chi connectivity index (χ4n) is 2.36. The van der Waals surface area contributed by atoms with Gasteiger partial charge in [0.2, 0.25) is 0 Å². The molecule has 0 nitrogen and oxygen atoms in total. The van der Waals surface area contributed by atoms with E-state index in [-0.39, 0.29) is 0 Å². The number of hydrogen-bond donors (Lipinski definition) is 0. The van der Waals surface area contributed by atoms with Gasteiger partial charge in [-0.2, -0.15) is 0 Å². The minimum absolute atomic E-state index is 0.540. The summed E-state index contributed by atoms with van der Waals surface area (Å²) in [6, 6.07) is 10.8. The molecule has 1 unspecified atom stereocenters. The molecule has 74 valence electrons. The van der Waals surface area contributed by atoms with Crippen LogP contribution >= 0.6 is 15.9 Å². The molecule has 1 aliphatic carbocycles. The first-order valence-electron chi connectivity index (χ1n) is 5.17. The van der Waals surface area contributed by atoms with Gasteiger partial charge >= 0.3 is 0 Å². The molecule has 0 radical (unpaired) electrons. The Bertz CT molecular complexity index is 567. The zero-order valence-electron chi connectivity index (χ0n) is 8.50. The maximum absolute atomic E-state index is 3.64. The van der Waals surface area contributed by atoms with Crippen LogP contribution in [0.4, 0.5) is 0 Å². The molecule has 0 amide bonds. The number of fused-ring (bicyclic) bond motifs is 3. The van der Waals surface area contributed by atoms with Crippen molar-refractivity contribution in [2.75, 3.05) is 0 Å². The molecule has 0 N–H and O–H groups in total. The minimum atomic E-state index is 0.540. The van der Waals surface area contributed by atoms with Gasteiger partial charge in [0.15, 0.2) is 0 Å². The molecular weight excluding hydrogens is 248 g/mol. The monoisotopic (exact) mass is 258 g/mol. The van der Waals surface area contributed by atoms with Crippen LogP contribution in [0.5, 0.6) is 0 Å². The van der Waals surface area contributed by atoms with E-state index in [1.54, 1.807) is 0 Å². The lowest BCUT2D eigenvalue weighted by Gasteiger charge is -2.11. The van der Waals surface area contributed by atoms with Gasteiger partial charge in [0.05, 0.1) is 0 Å². The van der Waals surface area contributed by atoms with Crippen LogP contribution in [0.1, 0.15) is 24.0 Å². The smallest absolute Gasteiger partial charge is 0.0259 e. The molecule has 1 heteroatoms. The van der Waals surface area contributed by atoms with Gasteiger partial charge < -0.3 is 0 Å². The Kier molecular flexibility index (Phi) is 1.96. The Morgan fingerprint density at radius 1 is 1.13 bits per heavy atom. The van der Waals surface area contributed by atoms with Gasteiger partial charge in [-0.1, -0.05) is 59.3 Å². The molecule has 2 aromatic carbocycles. The van der Waals surface area contributed by atoms with Gasteiger partial charge in [-0.3, -0.25) is 0 Å². The summed E-state index contributed by atoms with van der Waals surface area (Å²) >= 11 is 3.64. The quantitative estimate of drug-likeness (QED) is 0.641. The molecule has 2 aromatic rings. The van der Waals surface area contributed by atoms with Crippen LogP contribution in [0.25, 0.3) is 16.8 Å². The van der Waals surface area contributed by atoms with Crippen molar-refractivity contribution < 1.29 is 0 Å². The second kappa shape index (κ2) is 3.21. The predicted octanol–water partition coefficient (Wildman–Crippen LogP) is 4.73. The molecule has 0 aliphatic heterocycles. The molecule has 0 aromatic heterocycles. The summed E-state index contributed by atoms with van der Waals surface area (Å²) in [7, 11) is 0. The van der Waals surface area contributed by atoms with Crippen molar-refractivity contribution in [1.29, 1.82) is 0 Å². The fraction of sp³-hybridized carbons (Fsp3) is 0.143. The van der Waals surface area contributed by atoms with Crippen LogP contribution in [0, 0.1) is 0 Å². The van der Waals surface area contributed by atoms with Crippen LogP contribution in [0.15, 0.2) is 40.9 Å². The molecule has 0 saturated heterocycles. The predicted molar refractivity (Wildman–Crippen MR) is 69.1 cm³/mol. The standard InChI is InChI=1S/C14H11Br/c1-9-6-7-10-8-13(15)11-4-2-3-5-12(11)14(9)10/h2-9H,1H3. The molecule has 0 fully saturated rings. The Morgan fingerprint density at radius 3 is 2.67 bits per heavy atom. The van der Waals surface area contributed by atoms with Gasteiger partial charge in [0.25, 0.3) is 0 Å². The molecule has 0 heterocycles. The lowest BCUT2D eigenvalue weighted by atomic mass is 9.95. The van der Waals surface area contributed by atoms with E-state index in [0.29, 0.717) is 5.92 Å². The van der Waals surface area contributed by atoms with E-state index in [2.05, 4.69) is 65.3 Å². The van der Waals surface area contributed by atoms with E-state index in [4.69, 9.17) is 0 Å². The third-order valence-corrected chi connectivity index (χ3v) is 3.74. The van der Waals surface area contributed by atoms with Gasteiger partial charge in [-0.05, 0) is 28.0 Å². The van der Waals surface area contributed by atoms with Crippen LogP contribution in [0.2, 0.25) is 0 Å². The summed E-state index contributed by atoms with van der Waals surface area (Å²) in [6.45, 7) is 2.25. The number of benzene rings is 2. The normalized spacial score (nSPS) is 18.4. The van der Waals surface area contributed by atoms with E-state index in [9.17, 15) is 0 Å². The summed E-state index contributed by atoms with van der Waals surface area (Å²) < 4.78 is 1.19. The van der Waals surface area contributed by atoms with Gasteiger partial charge in [-0.15, -0.1) is 0 Å². The van der Waals surface area contributed by atoms with Crippen LogP contribution in [0.3, 0.4) is 0 Å². The van der Waals surface area contributed by atoms with Gasteiger partial charge in [0.1, 0.15) is 0 Å². The summed E-state index contributed by atoms with van der Waals surface area (Å²) in [4.78, 5) is 0. The SMILES string of the molecule is CC1C=Cc2cc(Br)c3ccccc3c21. The van der Waals surface area contributed by atoms with Crippen molar-refractivity contribution in [3.8, 4) is 0 Å². The fourth-order valence-corrected chi connectivity index (χ4v) is 2.96. The van der Waals surface area contributed by atoms with Gasteiger partial charge in [0, 0.05) is 10.4 Å². The van der Waals surface area contributed by atoms with Crippen molar-refractivity contribution >= 4 is 32.8 Å². The molecule has 1 atom stereocenters. The number of halogens is 1. The van der Waals surface area contributed by atoms with E-state index in [0.717, 1.165) is 0 Å². The van der Waals surface area contributed by atoms with Crippen molar-refractivity contribution in [1.82, 2.24) is 0 Å². The van der Waals surface area contributed by atoms with Crippen LogP contribution in [-0.2, 0) is 0 Å². The zero-order chi connectivity index (χ0) is 10.4. The zero-order valence-corrected chi connectivity index (χ0v) is 10.1. The summed E-state index contributed by atoms with van der Waals surface area (Å²) in [5, 5.41) is 2.69. The molecule has 15 heavy (non-hydrogen) atoms. The topological polar surface area (TPSA) is 0 Å². The highest BCUT2D eigenvalue weighted by molar-refractivity contribution is 9.10. The first kappa shape index (κ1) is 9.17. The minimum Gasteiger partial charge on any atom is -0.0766 e. The molecular formula is C14H11Br. The Labute approximate surface area is 97.7 Å². The van der Waals surface area contributed by atoms with E-state index < -0.39 is 0 Å². The van der Waals surface area contributed by atoms with E-state index in [1.165, 1.54) is 26.4 Å². The number of rotatable bonds is 0. The average molecular weight is 259 g/mol. The molecule has 3 rings (SSSR count).